The van der Waals surface area contributed by atoms with Crippen molar-refractivity contribution in [1.82, 2.24) is 15.5 Å². The molecule has 4 bridgehead atoms. The number of ether oxygens (including phenoxy) is 2. The summed E-state index contributed by atoms with van der Waals surface area (Å²) in [6.45, 7) is 2.63. The number of carbonyl (C=O) groups is 2. The lowest BCUT2D eigenvalue weighted by Gasteiger charge is -2.56. The molecule has 1 aromatic rings. The number of benzene rings is 1. The monoisotopic (exact) mass is 413 g/mol. The van der Waals surface area contributed by atoms with Crippen molar-refractivity contribution >= 4 is 11.9 Å². The molecule has 6 rings (SSSR count). The molecule has 0 spiro atoms. The van der Waals surface area contributed by atoms with E-state index in [0.717, 1.165) is 54.1 Å². The Morgan fingerprint density at radius 2 is 1.73 bits per heavy atom. The fourth-order valence-electron chi connectivity index (χ4n) is 6.42. The van der Waals surface area contributed by atoms with Crippen LogP contribution in [-0.2, 0) is 11.3 Å². The van der Waals surface area contributed by atoms with Gasteiger partial charge >= 0.3 is 6.03 Å². The van der Waals surface area contributed by atoms with Crippen LogP contribution in [0.2, 0.25) is 0 Å². The Hall–Kier alpha value is -2.28. The van der Waals surface area contributed by atoms with Gasteiger partial charge in [-0.2, -0.15) is 0 Å². The minimum Gasteiger partial charge on any atom is -0.454 e. The predicted octanol–water partition coefficient (Wildman–Crippen LogP) is 3.03. The molecule has 1 aromatic carbocycles. The van der Waals surface area contributed by atoms with E-state index in [1.807, 2.05) is 37.1 Å². The van der Waals surface area contributed by atoms with Crippen molar-refractivity contribution in [2.75, 3.05) is 13.8 Å². The highest BCUT2D eigenvalue weighted by Crippen LogP contribution is 2.55. The van der Waals surface area contributed by atoms with Gasteiger partial charge in [0.15, 0.2) is 11.5 Å². The Bertz CT molecular complexity index is 820. The number of carbonyl (C=O) groups excluding carboxylic acids is 2. The van der Waals surface area contributed by atoms with E-state index in [2.05, 4.69) is 10.6 Å². The van der Waals surface area contributed by atoms with Gasteiger partial charge in [-0.15, -0.1) is 0 Å². The summed E-state index contributed by atoms with van der Waals surface area (Å²) < 4.78 is 10.8. The zero-order chi connectivity index (χ0) is 20.9. The second-order valence-electron chi connectivity index (χ2n) is 9.92. The Labute approximate surface area is 177 Å². The number of nitrogens with zero attached hydrogens (tertiary/aromatic N) is 1. The van der Waals surface area contributed by atoms with E-state index < -0.39 is 6.04 Å². The number of hydrogen-bond donors (Lipinski definition) is 2. The van der Waals surface area contributed by atoms with Gasteiger partial charge in [0.1, 0.15) is 0 Å². The molecule has 4 saturated carbocycles. The van der Waals surface area contributed by atoms with E-state index >= 15 is 0 Å². The molecule has 5 aliphatic rings. The smallest absolute Gasteiger partial charge is 0.321 e. The molecule has 4 fully saturated rings. The molecule has 0 saturated heterocycles. The lowest BCUT2D eigenvalue weighted by atomic mass is 9.53. The molecule has 30 heavy (non-hydrogen) atoms. The highest BCUT2D eigenvalue weighted by molar-refractivity contribution is 5.97. The number of imide groups is 1. The Kier molecular flexibility index (Phi) is 4.88. The van der Waals surface area contributed by atoms with Crippen molar-refractivity contribution in [2.24, 2.45) is 17.8 Å². The molecule has 2 N–H and O–H groups in total. The Morgan fingerprint density at radius 1 is 1.10 bits per heavy atom. The van der Waals surface area contributed by atoms with Crippen molar-refractivity contribution in [3.63, 3.8) is 0 Å². The van der Waals surface area contributed by atoms with Gasteiger partial charge in [0.05, 0.1) is 6.04 Å². The topological polar surface area (TPSA) is 79.9 Å². The van der Waals surface area contributed by atoms with Crippen LogP contribution in [0.3, 0.4) is 0 Å². The molecule has 7 heteroatoms. The summed E-state index contributed by atoms with van der Waals surface area (Å²) in [7, 11) is 1.88. The van der Waals surface area contributed by atoms with Gasteiger partial charge in [-0.3, -0.25) is 15.0 Å². The van der Waals surface area contributed by atoms with Gasteiger partial charge in [0.2, 0.25) is 12.7 Å². The average molecular weight is 414 g/mol. The molecule has 162 valence electrons. The van der Waals surface area contributed by atoms with Crippen LogP contribution in [0.25, 0.3) is 0 Å². The van der Waals surface area contributed by atoms with E-state index in [9.17, 15) is 9.59 Å². The van der Waals surface area contributed by atoms with Gasteiger partial charge in [-0.1, -0.05) is 6.07 Å². The van der Waals surface area contributed by atoms with Crippen LogP contribution in [0.1, 0.15) is 51.0 Å². The summed E-state index contributed by atoms with van der Waals surface area (Å²) in [4.78, 5) is 27.3. The van der Waals surface area contributed by atoms with Crippen molar-refractivity contribution in [3.05, 3.63) is 23.8 Å². The number of fused-ring (bicyclic) bond motifs is 1. The maximum absolute atomic E-state index is 12.7. The molecule has 0 aromatic heterocycles. The van der Waals surface area contributed by atoms with E-state index in [1.54, 1.807) is 0 Å². The summed E-state index contributed by atoms with van der Waals surface area (Å²) in [5, 5.41) is 5.80. The number of urea groups is 1. The molecule has 1 aliphatic heterocycles. The van der Waals surface area contributed by atoms with E-state index in [1.165, 1.54) is 19.3 Å². The first-order chi connectivity index (χ1) is 14.4. The summed E-state index contributed by atoms with van der Waals surface area (Å²) in [5.74, 6) is 3.44. The maximum Gasteiger partial charge on any atom is 0.321 e. The number of amides is 3. The Balaban J connectivity index is 1.15. The van der Waals surface area contributed by atoms with Crippen molar-refractivity contribution in [1.29, 1.82) is 0 Å². The summed E-state index contributed by atoms with van der Waals surface area (Å²) in [6.07, 6.45) is 7.18. The van der Waals surface area contributed by atoms with Crippen LogP contribution in [0.4, 0.5) is 4.79 Å². The standard InChI is InChI=1S/C23H31N3O4/c1-14(26(2)12-15-3-4-19-20(8-15)30-13-29-19)21(27)24-22(28)25-23-9-16-5-17(10-23)7-18(6-16)11-23/h3-4,8,14,16-18H,5-7,9-13H2,1-2H3,(H2,24,25,27,28). The third-order valence-electron chi connectivity index (χ3n) is 7.56. The van der Waals surface area contributed by atoms with Crippen molar-refractivity contribution < 1.29 is 19.1 Å². The summed E-state index contributed by atoms with van der Waals surface area (Å²) in [5.41, 5.74) is 0.931. The number of nitrogens with one attached hydrogen (secondary N) is 2. The van der Waals surface area contributed by atoms with E-state index in [4.69, 9.17) is 9.47 Å². The first-order valence-corrected chi connectivity index (χ1v) is 11.1. The molecule has 0 radical (unpaired) electrons. The van der Waals surface area contributed by atoms with E-state index in [0.29, 0.717) is 6.54 Å². The highest BCUT2D eigenvalue weighted by atomic mass is 16.7. The van der Waals surface area contributed by atoms with E-state index in [-0.39, 0.29) is 24.3 Å². The molecular weight excluding hydrogens is 382 g/mol. The van der Waals surface area contributed by atoms with Crippen LogP contribution in [0, 0.1) is 17.8 Å². The van der Waals surface area contributed by atoms with Crippen molar-refractivity contribution in [2.45, 2.75) is 63.6 Å². The minimum atomic E-state index is -0.433. The second-order valence-corrected chi connectivity index (χ2v) is 9.92. The van der Waals surface area contributed by atoms with Gasteiger partial charge in [-0.25, -0.2) is 4.79 Å². The first-order valence-electron chi connectivity index (χ1n) is 11.1. The van der Waals surface area contributed by atoms with Gasteiger partial charge in [-0.05, 0) is 87.9 Å². The molecular formula is C23H31N3O4. The number of hydrogen-bond acceptors (Lipinski definition) is 5. The van der Waals surface area contributed by atoms with Gasteiger partial charge in [0.25, 0.3) is 0 Å². The third kappa shape index (κ3) is 3.75. The fourth-order valence-corrected chi connectivity index (χ4v) is 6.42. The molecule has 1 unspecified atom stereocenters. The predicted molar refractivity (Wildman–Crippen MR) is 111 cm³/mol. The zero-order valence-corrected chi connectivity index (χ0v) is 17.8. The van der Waals surface area contributed by atoms with Gasteiger partial charge < -0.3 is 14.8 Å². The van der Waals surface area contributed by atoms with Crippen LogP contribution >= 0.6 is 0 Å². The van der Waals surface area contributed by atoms with Crippen molar-refractivity contribution in [3.8, 4) is 11.5 Å². The molecule has 1 atom stereocenters. The van der Waals surface area contributed by atoms with Gasteiger partial charge in [0, 0.05) is 12.1 Å². The second kappa shape index (κ2) is 7.45. The first kappa shape index (κ1) is 19.7. The van der Waals surface area contributed by atoms with Crippen LogP contribution in [-0.4, -0.2) is 42.3 Å². The zero-order valence-electron chi connectivity index (χ0n) is 17.8. The lowest BCUT2D eigenvalue weighted by Crippen LogP contribution is -2.62. The quantitative estimate of drug-likeness (QED) is 0.776. The number of rotatable bonds is 5. The molecule has 3 amide bonds. The maximum atomic E-state index is 12.7. The third-order valence-corrected chi connectivity index (χ3v) is 7.56. The largest absolute Gasteiger partial charge is 0.454 e. The Morgan fingerprint density at radius 3 is 2.40 bits per heavy atom. The normalized spacial score (nSPS) is 31.6. The summed E-state index contributed by atoms with van der Waals surface area (Å²) in [6, 6.07) is 5.01. The molecule has 7 nitrogen and oxygen atoms in total. The fraction of sp³-hybridized carbons (Fsp3) is 0.652. The SMILES string of the molecule is CC(C(=O)NC(=O)NC12CC3CC(CC(C3)C1)C2)N(C)Cc1ccc2c(c1)OCO2. The van der Waals surface area contributed by atoms with Crippen LogP contribution in [0.15, 0.2) is 18.2 Å². The van der Waals surface area contributed by atoms with Crippen LogP contribution < -0.4 is 20.1 Å². The average Bonchev–Trinajstić information content (AvgIpc) is 3.13. The minimum absolute atomic E-state index is 0.0965. The molecule has 1 heterocycles. The number of likely N-dealkylation sites (N-methyl/N-ethyl adjacent to an activating group) is 1. The lowest BCUT2D eigenvalue weighted by molar-refractivity contribution is -0.124. The highest BCUT2D eigenvalue weighted by Gasteiger charge is 2.51. The summed E-state index contributed by atoms with van der Waals surface area (Å²) >= 11 is 0. The van der Waals surface area contributed by atoms with Crippen LogP contribution in [0.5, 0.6) is 11.5 Å². The molecule has 4 aliphatic carbocycles.